The fourth-order valence-electron chi connectivity index (χ4n) is 2.23. The predicted octanol–water partition coefficient (Wildman–Crippen LogP) is 1.62. The molecule has 4 nitrogen and oxygen atoms in total. The lowest BCUT2D eigenvalue weighted by atomic mass is 10.2. The molecule has 2 rings (SSSR count). The SMILES string of the molecule is COc1cccnc1N1CCN(C(C)C)CC1. The summed E-state index contributed by atoms with van der Waals surface area (Å²) >= 11 is 0. The summed E-state index contributed by atoms with van der Waals surface area (Å²) in [4.78, 5) is 9.22. The zero-order chi connectivity index (χ0) is 12.3. The van der Waals surface area contributed by atoms with Crippen molar-refractivity contribution in [2.24, 2.45) is 0 Å². The van der Waals surface area contributed by atoms with Crippen molar-refractivity contribution in [2.75, 3.05) is 38.2 Å². The normalized spacial score (nSPS) is 17.5. The lowest BCUT2D eigenvalue weighted by Crippen LogP contribution is -2.49. The largest absolute Gasteiger partial charge is 0.493 e. The Kier molecular flexibility index (Phi) is 3.84. The molecule has 0 bridgehead atoms. The van der Waals surface area contributed by atoms with Crippen molar-refractivity contribution in [3.8, 4) is 5.75 Å². The molecule has 4 heteroatoms. The topological polar surface area (TPSA) is 28.6 Å². The Balaban J connectivity index is 2.05. The first kappa shape index (κ1) is 12.2. The predicted molar refractivity (Wildman–Crippen MR) is 69.7 cm³/mol. The molecule has 94 valence electrons. The van der Waals surface area contributed by atoms with Crippen LogP contribution in [-0.2, 0) is 0 Å². The first-order chi connectivity index (χ1) is 8.22. The van der Waals surface area contributed by atoms with E-state index in [0.29, 0.717) is 6.04 Å². The van der Waals surface area contributed by atoms with E-state index in [1.165, 1.54) is 0 Å². The van der Waals surface area contributed by atoms with E-state index in [4.69, 9.17) is 4.74 Å². The lowest BCUT2D eigenvalue weighted by Gasteiger charge is -2.37. The van der Waals surface area contributed by atoms with Crippen LogP contribution in [0.5, 0.6) is 5.75 Å². The van der Waals surface area contributed by atoms with Crippen molar-refractivity contribution < 1.29 is 4.74 Å². The van der Waals surface area contributed by atoms with Gasteiger partial charge in [0.05, 0.1) is 7.11 Å². The average molecular weight is 235 g/mol. The minimum absolute atomic E-state index is 0.628. The standard InChI is InChI=1S/C13H21N3O/c1-11(2)15-7-9-16(10-8-15)13-12(17-3)5-4-6-14-13/h4-6,11H,7-10H2,1-3H3. The van der Waals surface area contributed by atoms with E-state index >= 15 is 0 Å². The Hall–Kier alpha value is -1.29. The van der Waals surface area contributed by atoms with Crippen molar-refractivity contribution in [3.63, 3.8) is 0 Å². The molecule has 0 saturated carbocycles. The van der Waals surface area contributed by atoms with E-state index in [1.54, 1.807) is 7.11 Å². The summed E-state index contributed by atoms with van der Waals surface area (Å²) in [5.74, 6) is 1.84. The van der Waals surface area contributed by atoms with Gasteiger partial charge in [-0.3, -0.25) is 4.90 Å². The molecule has 0 N–H and O–H groups in total. The number of anilines is 1. The van der Waals surface area contributed by atoms with Gasteiger partial charge in [-0.1, -0.05) is 0 Å². The highest BCUT2D eigenvalue weighted by Gasteiger charge is 2.21. The van der Waals surface area contributed by atoms with E-state index < -0.39 is 0 Å². The Morgan fingerprint density at radius 2 is 1.94 bits per heavy atom. The van der Waals surface area contributed by atoms with Crippen LogP contribution >= 0.6 is 0 Å². The number of pyridine rings is 1. The second-order valence-corrected chi connectivity index (χ2v) is 4.65. The molecule has 1 aliphatic heterocycles. The molecule has 1 aromatic rings. The summed E-state index contributed by atoms with van der Waals surface area (Å²) in [6.07, 6.45) is 1.83. The molecular formula is C13H21N3O. The first-order valence-electron chi connectivity index (χ1n) is 6.20. The minimum Gasteiger partial charge on any atom is -0.493 e. The monoisotopic (exact) mass is 235 g/mol. The number of hydrogen-bond donors (Lipinski definition) is 0. The highest BCUT2D eigenvalue weighted by Crippen LogP contribution is 2.25. The number of nitrogens with zero attached hydrogens (tertiary/aromatic N) is 3. The van der Waals surface area contributed by atoms with Gasteiger partial charge in [0.2, 0.25) is 0 Å². The summed E-state index contributed by atoms with van der Waals surface area (Å²) in [7, 11) is 1.70. The Labute approximate surface area is 103 Å². The number of hydrogen-bond acceptors (Lipinski definition) is 4. The van der Waals surface area contributed by atoms with Crippen LogP contribution in [0, 0.1) is 0 Å². The maximum atomic E-state index is 5.36. The third-order valence-corrected chi connectivity index (χ3v) is 3.31. The molecule has 17 heavy (non-hydrogen) atoms. The number of rotatable bonds is 3. The van der Waals surface area contributed by atoms with Gasteiger partial charge in [0.25, 0.3) is 0 Å². The molecular weight excluding hydrogens is 214 g/mol. The number of piperazine rings is 1. The van der Waals surface area contributed by atoms with Crippen LogP contribution in [0.25, 0.3) is 0 Å². The van der Waals surface area contributed by atoms with Crippen LogP contribution in [0.2, 0.25) is 0 Å². The van der Waals surface area contributed by atoms with Crippen molar-refractivity contribution >= 4 is 5.82 Å². The highest BCUT2D eigenvalue weighted by atomic mass is 16.5. The molecule has 2 heterocycles. The number of ether oxygens (including phenoxy) is 1. The maximum absolute atomic E-state index is 5.36. The zero-order valence-corrected chi connectivity index (χ0v) is 10.9. The van der Waals surface area contributed by atoms with Gasteiger partial charge in [-0.05, 0) is 26.0 Å². The van der Waals surface area contributed by atoms with Crippen LogP contribution in [-0.4, -0.2) is 49.2 Å². The van der Waals surface area contributed by atoms with E-state index in [9.17, 15) is 0 Å². The van der Waals surface area contributed by atoms with Crippen molar-refractivity contribution in [1.82, 2.24) is 9.88 Å². The van der Waals surface area contributed by atoms with Gasteiger partial charge in [-0.25, -0.2) is 4.98 Å². The molecule has 0 atom stereocenters. The molecule has 1 aliphatic rings. The highest BCUT2D eigenvalue weighted by molar-refractivity contribution is 5.52. The molecule has 0 aromatic carbocycles. The van der Waals surface area contributed by atoms with Gasteiger partial charge < -0.3 is 9.64 Å². The van der Waals surface area contributed by atoms with E-state index in [2.05, 4.69) is 28.6 Å². The quantitative estimate of drug-likeness (QED) is 0.796. The van der Waals surface area contributed by atoms with Crippen LogP contribution < -0.4 is 9.64 Å². The minimum atomic E-state index is 0.628. The van der Waals surface area contributed by atoms with E-state index in [0.717, 1.165) is 37.7 Å². The van der Waals surface area contributed by atoms with Crippen molar-refractivity contribution in [1.29, 1.82) is 0 Å². The number of methoxy groups -OCH3 is 1. The molecule has 0 amide bonds. The van der Waals surface area contributed by atoms with E-state index in [1.807, 2.05) is 18.3 Å². The van der Waals surface area contributed by atoms with Crippen LogP contribution in [0.4, 0.5) is 5.82 Å². The third-order valence-electron chi connectivity index (χ3n) is 3.31. The smallest absolute Gasteiger partial charge is 0.171 e. The summed E-state index contributed by atoms with van der Waals surface area (Å²) in [5, 5.41) is 0. The molecule has 0 aliphatic carbocycles. The Morgan fingerprint density at radius 3 is 2.53 bits per heavy atom. The van der Waals surface area contributed by atoms with E-state index in [-0.39, 0.29) is 0 Å². The summed E-state index contributed by atoms with van der Waals surface area (Å²) in [5.41, 5.74) is 0. The lowest BCUT2D eigenvalue weighted by molar-refractivity contribution is 0.208. The molecule has 1 fully saturated rings. The zero-order valence-electron chi connectivity index (χ0n) is 10.9. The summed E-state index contributed by atoms with van der Waals surface area (Å²) in [6, 6.07) is 4.51. The van der Waals surface area contributed by atoms with Crippen LogP contribution in [0.15, 0.2) is 18.3 Å². The average Bonchev–Trinajstić information content (AvgIpc) is 2.39. The van der Waals surface area contributed by atoms with Gasteiger partial charge in [0, 0.05) is 38.4 Å². The van der Waals surface area contributed by atoms with Gasteiger partial charge >= 0.3 is 0 Å². The molecule has 1 saturated heterocycles. The summed E-state index contributed by atoms with van der Waals surface area (Å²) in [6.45, 7) is 8.72. The third kappa shape index (κ3) is 2.69. The van der Waals surface area contributed by atoms with Gasteiger partial charge in [-0.2, -0.15) is 0 Å². The van der Waals surface area contributed by atoms with Crippen LogP contribution in [0.3, 0.4) is 0 Å². The second-order valence-electron chi connectivity index (χ2n) is 4.65. The van der Waals surface area contributed by atoms with Gasteiger partial charge in [-0.15, -0.1) is 0 Å². The Bertz CT molecular complexity index is 359. The Morgan fingerprint density at radius 1 is 1.24 bits per heavy atom. The second kappa shape index (κ2) is 5.36. The maximum Gasteiger partial charge on any atom is 0.171 e. The number of aromatic nitrogens is 1. The molecule has 0 spiro atoms. The van der Waals surface area contributed by atoms with Crippen LogP contribution in [0.1, 0.15) is 13.8 Å². The fourth-order valence-corrected chi connectivity index (χ4v) is 2.23. The van der Waals surface area contributed by atoms with Gasteiger partial charge in [0.15, 0.2) is 11.6 Å². The molecule has 0 unspecified atom stereocenters. The van der Waals surface area contributed by atoms with Gasteiger partial charge in [0.1, 0.15) is 0 Å². The summed E-state index contributed by atoms with van der Waals surface area (Å²) < 4.78 is 5.36. The van der Waals surface area contributed by atoms with Crippen molar-refractivity contribution in [2.45, 2.75) is 19.9 Å². The fraction of sp³-hybridized carbons (Fsp3) is 0.615. The molecule has 1 aromatic heterocycles. The first-order valence-corrected chi connectivity index (χ1v) is 6.20. The molecule has 0 radical (unpaired) electrons. The van der Waals surface area contributed by atoms with Crippen molar-refractivity contribution in [3.05, 3.63) is 18.3 Å².